The first-order valence-electron chi connectivity index (χ1n) is 11.6. The molecule has 1 unspecified atom stereocenters. The molecule has 2 aromatic carbocycles. The van der Waals surface area contributed by atoms with Crippen LogP contribution in [0.1, 0.15) is 22.0 Å². The Kier molecular flexibility index (Phi) is 7.63. The Morgan fingerprint density at radius 2 is 2.00 bits per heavy atom. The molecule has 190 valence electrons. The van der Waals surface area contributed by atoms with E-state index >= 15 is 0 Å². The van der Waals surface area contributed by atoms with Crippen LogP contribution >= 0.6 is 11.6 Å². The predicted molar refractivity (Wildman–Crippen MR) is 148 cm³/mol. The molecule has 0 aliphatic heterocycles. The van der Waals surface area contributed by atoms with Gasteiger partial charge in [-0.15, -0.1) is 5.54 Å². The normalized spacial score (nSPS) is 11.8. The maximum atomic E-state index is 13.5. The first-order chi connectivity index (χ1) is 18.1. The highest BCUT2D eigenvalue weighted by molar-refractivity contribution is 6.83. The lowest BCUT2D eigenvalue weighted by Gasteiger charge is -2.19. The van der Waals surface area contributed by atoms with Crippen LogP contribution in [0, 0.1) is 22.8 Å². The third-order valence-electron chi connectivity index (χ3n) is 5.52. The quantitative estimate of drug-likeness (QED) is 0.263. The monoisotopic (exact) mass is 542 g/mol. The highest BCUT2D eigenvalue weighted by atomic mass is 35.5. The number of nitriles is 1. The van der Waals surface area contributed by atoms with Crippen molar-refractivity contribution in [1.82, 2.24) is 14.5 Å². The molecule has 0 aliphatic rings. The van der Waals surface area contributed by atoms with Gasteiger partial charge in [0.1, 0.15) is 32.5 Å². The van der Waals surface area contributed by atoms with Gasteiger partial charge in [0.2, 0.25) is 0 Å². The predicted octanol–water partition coefficient (Wildman–Crippen LogP) is 5.18. The van der Waals surface area contributed by atoms with Crippen molar-refractivity contribution in [2.45, 2.75) is 25.7 Å². The maximum absolute atomic E-state index is 13.5. The zero-order valence-electron chi connectivity index (χ0n) is 20.9. The summed E-state index contributed by atoms with van der Waals surface area (Å²) >= 11 is 6.26. The zero-order chi connectivity index (χ0) is 27.4. The van der Waals surface area contributed by atoms with E-state index in [-0.39, 0.29) is 23.1 Å². The molecule has 0 saturated carbocycles. The molecule has 0 spiro atoms. The second-order valence-electron chi connectivity index (χ2n) is 9.52. The number of carbonyl (C=O) groups is 1. The fourth-order valence-corrected chi connectivity index (χ4v) is 4.49. The molecule has 2 aromatic heterocycles. The van der Waals surface area contributed by atoms with E-state index in [0.717, 1.165) is 0 Å². The van der Waals surface area contributed by atoms with Gasteiger partial charge >= 0.3 is 5.97 Å². The van der Waals surface area contributed by atoms with Crippen molar-refractivity contribution in [2.24, 2.45) is 0 Å². The van der Waals surface area contributed by atoms with Crippen LogP contribution in [0.15, 0.2) is 66.0 Å². The standard InChI is InChI=1S/C28H23ClN4O4Si/c1-38(2,3)10-9-22(33-17-32-24-15-31-14-20(13-30)26(24)27(33)34)16-37-25-8-7-21(29)12-23(25)18-5-4-6-19(11-18)28(35)36/h4-8,11-12,14-15,17,22H,16H2,1-3H3,(H,35,36). The van der Waals surface area contributed by atoms with E-state index < -0.39 is 25.6 Å². The number of pyridine rings is 1. The maximum Gasteiger partial charge on any atom is 0.335 e. The first-order valence-corrected chi connectivity index (χ1v) is 15.5. The number of fused-ring (bicyclic) bond motifs is 1. The van der Waals surface area contributed by atoms with Crippen molar-refractivity contribution in [3.05, 3.63) is 87.7 Å². The molecule has 0 aliphatic carbocycles. The van der Waals surface area contributed by atoms with E-state index in [2.05, 4.69) is 41.1 Å². The van der Waals surface area contributed by atoms with Gasteiger partial charge in [0.25, 0.3) is 5.56 Å². The Morgan fingerprint density at radius 3 is 2.71 bits per heavy atom. The number of aromatic carboxylic acids is 1. The number of ether oxygens (including phenoxy) is 1. The van der Waals surface area contributed by atoms with E-state index in [1.807, 2.05) is 6.07 Å². The minimum absolute atomic E-state index is 0.00913. The molecule has 4 aromatic rings. The van der Waals surface area contributed by atoms with E-state index in [1.165, 1.54) is 29.4 Å². The van der Waals surface area contributed by atoms with Gasteiger partial charge in [-0.3, -0.25) is 14.3 Å². The van der Waals surface area contributed by atoms with Gasteiger partial charge in [-0.1, -0.05) is 49.3 Å². The molecule has 0 radical (unpaired) electrons. The van der Waals surface area contributed by atoms with Gasteiger partial charge in [-0.25, -0.2) is 9.78 Å². The first kappa shape index (κ1) is 26.6. The average Bonchev–Trinajstić information content (AvgIpc) is 2.89. The summed E-state index contributed by atoms with van der Waals surface area (Å²) in [6.45, 7) is 6.26. The van der Waals surface area contributed by atoms with Crippen LogP contribution in [0.2, 0.25) is 24.7 Å². The number of hydrogen-bond donors (Lipinski definition) is 1. The summed E-state index contributed by atoms with van der Waals surface area (Å²) in [7, 11) is -1.83. The molecular formula is C28H23ClN4O4Si. The van der Waals surface area contributed by atoms with E-state index in [9.17, 15) is 20.0 Å². The number of hydrogen-bond acceptors (Lipinski definition) is 6. The summed E-state index contributed by atoms with van der Waals surface area (Å²) < 4.78 is 7.57. The van der Waals surface area contributed by atoms with E-state index in [4.69, 9.17) is 16.3 Å². The number of carboxylic acid groups (broad SMARTS) is 1. The van der Waals surface area contributed by atoms with Gasteiger partial charge in [-0.2, -0.15) is 5.26 Å². The van der Waals surface area contributed by atoms with Crippen LogP contribution in [0.3, 0.4) is 0 Å². The van der Waals surface area contributed by atoms with Crippen molar-refractivity contribution >= 4 is 36.5 Å². The molecule has 10 heteroatoms. The van der Waals surface area contributed by atoms with E-state index in [0.29, 0.717) is 27.4 Å². The molecule has 4 rings (SSSR count). The fourth-order valence-electron chi connectivity index (χ4n) is 3.72. The number of nitrogens with zero attached hydrogens (tertiary/aromatic N) is 4. The Balaban J connectivity index is 1.77. The summed E-state index contributed by atoms with van der Waals surface area (Å²) in [5.74, 6) is 2.59. The van der Waals surface area contributed by atoms with Crippen LogP contribution in [-0.4, -0.2) is 40.3 Å². The Morgan fingerprint density at radius 1 is 1.21 bits per heavy atom. The topological polar surface area (TPSA) is 118 Å². The highest BCUT2D eigenvalue weighted by Crippen LogP contribution is 2.33. The van der Waals surface area contributed by atoms with Gasteiger partial charge < -0.3 is 9.84 Å². The third kappa shape index (κ3) is 5.92. The smallest absolute Gasteiger partial charge is 0.335 e. The van der Waals surface area contributed by atoms with E-state index in [1.54, 1.807) is 36.4 Å². The van der Waals surface area contributed by atoms with Crippen LogP contribution in [-0.2, 0) is 0 Å². The zero-order valence-corrected chi connectivity index (χ0v) is 22.7. The SMILES string of the molecule is C[Si](C)(C)C#CC(COc1ccc(Cl)cc1-c1cccc(C(=O)O)c1)n1cnc2cncc(C#N)c2c1=O. The largest absolute Gasteiger partial charge is 0.490 e. The molecule has 0 bridgehead atoms. The van der Waals surface area contributed by atoms with Crippen LogP contribution < -0.4 is 10.3 Å². The summed E-state index contributed by atoms with van der Waals surface area (Å²) in [4.78, 5) is 33.3. The third-order valence-corrected chi connectivity index (χ3v) is 6.65. The van der Waals surface area contributed by atoms with Crippen LogP contribution in [0.25, 0.3) is 22.0 Å². The lowest BCUT2D eigenvalue weighted by Crippen LogP contribution is -2.29. The molecule has 0 amide bonds. The number of aromatic nitrogens is 3. The minimum atomic E-state index is -1.83. The van der Waals surface area contributed by atoms with Crippen molar-refractivity contribution < 1.29 is 14.6 Å². The molecule has 2 heterocycles. The van der Waals surface area contributed by atoms with Gasteiger partial charge in [0.15, 0.2) is 0 Å². The second-order valence-corrected chi connectivity index (χ2v) is 14.7. The average molecular weight is 543 g/mol. The lowest BCUT2D eigenvalue weighted by molar-refractivity contribution is 0.0697. The van der Waals surface area contributed by atoms with Crippen molar-refractivity contribution in [3.63, 3.8) is 0 Å². The molecule has 1 N–H and O–H groups in total. The highest BCUT2D eigenvalue weighted by Gasteiger charge is 2.19. The molecule has 38 heavy (non-hydrogen) atoms. The Labute approximate surface area is 225 Å². The second kappa shape index (κ2) is 10.9. The molecular weight excluding hydrogens is 520 g/mol. The van der Waals surface area contributed by atoms with Crippen LogP contribution in [0.5, 0.6) is 5.75 Å². The summed E-state index contributed by atoms with van der Waals surface area (Å²) in [6, 6.07) is 12.8. The van der Waals surface area contributed by atoms with Crippen molar-refractivity contribution in [2.75, 3.05) is 6.61 Å². The Hall–Kier alpha value is -4.44. The molecule has 0 saturated heterocycles. The minimum Gasteiger partial charge on any atom is -0.490 e. The number of halogens is 1. The van der Waals surface area contributed by atoms with Crippen LogP contribution in [0.4, 0.5) is 0 Å². The summed E-state index contributed by atoms with van der Waals surface area (Å²) in [5, 5.41) is 19.5. The summed E-state index contributed by atoms with van der Waals surface area (Å²) in [6.07, 6.45) is 4.16. The van der Waals surface area contributed by atoms with Crippen molar-refractivity contribution in [1.29, 1.82) is 5.26 Å². The number of rotatable bonds is 6. The van der Waals surface area contributed by atoms with Gasteiger partial charge in [0, 0.05) is 16.8 Å². The Bertz CT molecular complexity index is 1710. The fraction of sp³-hybridized carbons (Fsp3) is 0.179. The van der Waals surface area contributed by atoms with Gasteiger partial charge in [0.05, 0.1) is 34.6 Å². The molecule has 0 fully saturated rings. The summed E-state index contributed by atoms with van der Waals surface area (Å²) in [5.41, 5.74) is 4.66. The van der Waals surface area contributed by atoms with Crippen molar-refractivity contribution in [3.8, 4) is 34.4 Å². The van der Waals surface area contributed by atoms with Gasteiger partial charge in [-0.05, 0) is 35.9 Å². The molecule has 8 nitrogen and oxygen atoms in total. The number of carboxylic acids is 1. The molecule has 1 atom stereocenters. The lowest BCUT2D eigenvalue weighted by atomic mass is 10.0. The number of benzene rings is 2.